The van der Waals surface area contributed by atoms with Crippen molar-refractivity contribution < 1.29 is 9.18 Å². The Bertz CT molecular complexity index is 296. The van der Waals surface area contributed by atoms with Gasteiger partial charge in [-0.2, -0.15) is 0 Å². The van der Waals surface area contributed by atoms with Gasteiger partial charge in [-0.25, -0.2) is 10.2 Å². The zero-order chi connectivity index (χ0) is 9.14. The lowest BCUT2D eigenvalue weighted by atomic mass is 10.2. The van der Waals surface area contributed by atoms with Crippen molar-refractivity contribution in [3.05, 3.63) is 34.6 Å². The lowest BCUT2D eigenvalue weighted by Crippen LogP contribution is -2.30. The fourth-order valence-corrected chi connectivity index (χ4v) is 1.04. The van der Waals surface area contributed by atoms with Crippen LogP contribution >= 0.6 is 11.6 Å². The van der Waals surface area contributed by atoms with Crippen molar-refractivity contribution in [2.24, 2.45) is 5.84 Å². The van der Waals surface area contributed by atoms with E-state index in [9.17, 15) is 9.18 Å². The Morgan fingerprint density at radius 3 is 2.75 bits per heavy atom. The van der Waals surface area contributed by atoms with Crippen molar-refractivity contribution in [3.8, 4) is 0 Å². The molecule has 3 N–H and O–H groups in total. The highest BCUT2D eigenvalue weighted by Crippen LogP contribution is 2.17. The number of hydrazine groups is 1. The van der Waals surface area contributed by atoms with Crippen LogP contribution in [0.4, 0.5) is 4.39 Å². The van der Waals surface area contributed by atoms with E-state index in [1.54, 1.807) is 5.43 Å². The Hall–Kier alpha value is -1.13. The first-order valence-electron chi connectivity index (χ1n) is 3.11. The Morgan fingerprint density at radius 1 is 1.58 bits per heavy atom. The van der Waals surface area contributed by atoms with Gasteiger partial charge in [0, 0.05) is 0 Å². The molecule has 1 aromatic rings. The highest BCUT2D eigenvalue weighted by molar-refractivity contribution is 6.33. The minimum atomic E-state index is -0.738. The molecule has 0 aliphatic rings. The first-order valence-corrected chi connectivity index (χ1v) is 3.49. The van der Waals surface area contributed by atoms with Gasteiger partial charge >= 0.3 is 0 Å². The Labute approximate surface area is 73.3 Å². The van der Waals surface area contributed by atoms with Gasteiger partial charge in [0.05, 0.1) is 10.6 Å². The maximum absolute atomic E-state index is 12.9. The molecule has 0 aliphatic heterocycles. The normalized spacial score (nSPS) is 9.58. The predicted molar refractivity (Wildman–Crippen MR) is 43.1 cm³/mol. The summed E-state index contributed by atoms with van der Waals surface area (Å²) in [4.78, 5) is 10.9. The number of nitrogen functional groups attached to an aromatic ring is 1. The number of nitrogens with one attached hydrogen (secondary N) is 1. The summed E-state index contributed by atoms with van der Waals surface area (Å²) >= 11 is 5.55. The summed E-state index contributed by atoms with van der Waals surface area (Å²) in [5, 5.41) is 0.0398. The molecule has 0 spiro atoms. The number of amides is 1. The summed E-state index contributed by atoms with van der Waals surface area (Å²) in [6.07, 6.45) is 0. The van der Waals surface area contributed by atoms with Crippen molar-refractivity contribution in [2.45, 2.75) is 0 Å². The van der Waals surface area contributed by atoms with Crippen molar-refractivity contribution in [1.82, 2.24) is 5.43 Å². The first kappa shape index (κ1) is 8.96. The average molecular weight is 189 g/mol. The fourth-order valence-electron chi connectivity index (χ4n) is 0.787. The third-order valence-corrected chi connectivity index (χ3v) is 1.64. The van der Waals surface area contributed by atoms with Gasteiger partial charge in [-0.1, -0.05) is 17.7 Å². The van der Waals surface area contributed by atoms with Crippen molar-refractivity contribution in [1.29, 1.82) is 0 Å². The van der Waals surface area contributed by atoms with Crippen molar-refractivity contribution in [3.63, 3.8) is 0 Å². The fraction of sp³-hybridized carbons (Fsp3) is 0. The van der Waals surface area contributed by atoms with E-state index in [0.717, 1.165) is 6.07 Å². The minimum Gasteiger partial charge on any atom is -0.290 e. The Kier molecular flexibility index (Phi) is 2.62. The lowest BCUT2D eigenvalue weighted by Gasteiger charge is -2.02. The molecule has 0 aromatic heterocycles. The molecule has 5 heteroatoms. The van der Waals surface area contributed by atoms with E-state index < -0.39 is 11.7 Å². The lowest BCUT2D eigenvalue weighted by molar-refractivity contribution is 0.0950. The summed E-state index contributed by atoms with van der Waals surface area (Å²) in [5.41, 5.74) is 1.56. The van der Waals surface area contributed by atoms with Crippen molar-refractivity contribution >= 4 is 17.5 Å². The van der Waals surface area contributed by atoms with Gasteiger partial charge in [-0.05, 0) is 12.1 Å². The van der Waals surface area contributed by atoms with Crippen LogP contribution in [0.2, 0.25) is 5.02 Å². The molecule has 0 atom stereocenters. The number of halogens is 2. The molecule has 0 bridgehead atoms. The predicted octanol–water partition coefficient (Wildman–Crippen LogP) is 1.08. The molecule has 1 rings (SSSR count). The van der Waals surface area contributed by atoms with Gasteiger partial charge in [-0.15, -0.1) is 0 Å². The molecule has 1 aromatic carbocycles. The molecule has 0 saturated heterocycles. The summed E-state index contributed by atoms with van der Waals surface area (Å²) in [6, 6.07) is 3.95. The molecular formula is C7H6ClFN2O. The largest absolute Gasteiger partial charge is 0.290 e. The average Bonchev–Trinajstić information content (AvgIpc) is 2.03. The molecule has 0 saturated carbocycles. The van der Waals surface area contributed by atoms with Crippen LogP contribution in [0.3, 0.4) is 0 Å². The second-order valence-corrected chi connectivity index (χ2v) is 2.48. The number of benzene rings is 1. The Balaban J connectivity index is 3.21. The van der Waals surface area contributed by atoms with Crippen LogP contribution in [0.15, 0.2) is 18.2 Å². The molecular weight excluding hydrogens is 183 g/mol. The van der Waals surface area contributed by atoms with Gasteiger partial charge in [-0.3, -0.25) is 10.2 Å². The second-order valence-electron chi connectivity index (χ2n) is 2.07. The van der Waals surface area contributed by atoms with Crippen molar-refractivity contribution in [2.75, 3.05) is 0 Å². The zero-order valence-corrected chi connectivity index (χ0v) is 6.73. The van der Waals surface area contributed by atoms with Crippen LogP contribution in [0.5, 0.6) is 0 Å². The van der Waals surface area contributed by atoms with Crippen LogP contribution in [0.1, 0.15) is 10.4 Å². The maximum atomic E-state index is 12.9. The van der Waals surface area contributed by atoms with Crippen LogP contribution in [0.25, 0.3) is 0 Å². The van der Waals surface area contributed by atoms with E-state index in [0.29, 0.717) is 0 Å². The Morgan fingerprint density at radius 2 is 2.25 bits per heavy atom. The van der Waals surface area contributed by atoms with Crippen LogP contribution in [-0.4, -0.2) is 5.91 Å². The van der Waals surface area contributed by atoms with E-state index in [1.807, 2.05) is 0 Å². The third kappa shape index (κ3) is 1.54. The van der Waals surface area contributed by atoms with Gasteiger partial charge in [0.1, 0.15) is 5.82 Å². The summed E-state index contributed by atoms with van der Waals surface area (Å²) in [6.45, 7) is 0. The molecule has 0 aliphatic carbocycles. The SMILES string of the molecule is NNC(=O)c1c(F)cccc1Cl. The van der Waals surface area contributed by atoms with E-state index in [1.165, 1.54) is 12.1 Å². The van der Waals surface area contributed by atoms with E-state index in [-0.39, 0.29) is 10.6 Å². The van der Waals surface area contributed by atoms with Crippen LogP contribution < -0.4 is 11.3 Å². The highest BCUT2D eigenvalue weighted by atomic mass is 35.5. The third-order valence-electron chi connectivity index (χ3n) is 1.32. The van der Waals surface area contributed by atoms with Gasteiger partial charge in [0.15, 0.2) is 0 Å². The van der Waals surface area contributed by atoms with Crippen LogP contribution in [-0.2, 0) is 0 Å². The molecule has 3 nitrogen and oxygen atoms in total. The van der Waals surface area contributed by atoms with Crippen LogP contribution in [0, 0.1) is 5.82 Å². The molecule has 0 fully saturated rings. The molecule has 12 heavy (non-hydrogen) atoms. The molecule has 1 amide bonds. The zero-order valence-electron chi connectivity index (χ0n) is 5.97. The number of carbonyl (C=O) groups is 1. The quantitative estimate of drug-likeness (QED) is 0.394. The van der Waals surface area contributed by atoms with Gasteiger partial charge < -0.3 is 0 Å². The van der Waals surface area contributed by atoms with E-state index >= 15 is 0 Å². The number of hydrogen-bond acceptors (Lipinski definition) is 2. The first-order chi connectivity index (χ1) is 5.66. The molecule has 0 heterocycles. The number of hydrogen-bond donors (Lipinski definition) is 2. The monoisotopic (exact) mass is 188 g/mol. The smallest absolute Gasteiger partial charge is 0.269 e. The number of carbonyl (C=O) groups excluding carboxylic acids is 1. The van der Waals surface area contributed by atoms with Gasteiger partial charge in [0.25, 0.3) is 5.91 Å². The molecule has 0 unspecified atom stereocenters. The van der Waals surface area contributed by atoms with Gasteiger partial charge in [0.2, 0.25) is 0 Å². The summed E-state index contributed by atoms with van der Waals surface area (Å²) < 4.78 is 12.9. The topological polar surface area (TPSA) is 55.1 Å². The number of rotatable bonds is 1. The minimum absolute atomic E-state index is 0.0398. The maximum Gasteiger partial charge on any atom is 0.269 e. The highest BCUT2D eigenvalue weighted by Gasteiger charge is 2.13. The molecule has 0 radical (unpaired) electrons. The van der Waals surface area contributed by atoms with E-state index in [4.69, 9.17) is 17.4 Å². The molecule has 64 valence electrons. The second kappa shape index (κ2) is 3.51. The van der Waals surface area contributed by atoms with E-state index in [2.05, 4.69) is 0 Å². The summed E-state index contributed by atoms with van der Waals surface area (Å²) in [5.74, 6) is 3.39. The standard InChI is InChI=1S/C7H6ClFN2O/c8-4-2-1-3-5(9)6(4)7(12)11-10/h1-3H,10H2,(H,11,12). The summed E-state index contributed by atoms with van der Waals surface area (Å²) in [7, 11) is 0. The number of nitrogens with two attached hydrogens (primary N) is 1.